The van der Waals surface area contributed by atoms with Crippen LogP contribution in [0.15, 0.2) is 24.3 Å². The molecule has 0 spiro atoms. The average molecular weight is 609 g/mol. The van der Waals surface area contributed by atoms with Crippen LogP contribution in [-0.4, -0.2) is 94.8 Å². The van der Waals surface area contributed by atoms with Crippen molar-refractivity contribution in [3.05, 3.63) is 58.2 Å². The van der Waals surface area contributed by atoms with E-state index < -0.39 is 0 Å². The van der Waals surface area contributed by atoms with Gasteiger partial charge in [0, 0.05) is 61.6 Å². The number of likely N-dealkylation sites (tertiary alicyclic amines) is 2. The van der Waals surface area contributed by atoms with Gasteiger partial charge in [0.15, 0.2) is 0 Å². The van der Waals surface area contributed by atoms with Gasteiger partial charge in [-0.1, -0.05) is 39.8 Å². The first-order valence-electron chi connectivity index (χ1n) is 17.2. The molecule has 0 saturated carbocycles. The van der Waals surface area contributed by atoms with E-state index in [4.69, 9.17) is 19.4 Å². The van der Waals surface area contributed by atoms with Crippen molar-refractivity contribution < 1.29 is 19.7 Å². The Morgan fingerprint density at radius 2 is 1.11 bits per heavy atom. The molecule has 4 aliphatic rings. The van der Waals surface area contributed by atoms with Gasteiger partial charge in [0.2, 0.25) is 0 Å². The minimum atomic E-state index is 0.256. The molecule has 8 heteroatoms. The Kier molecular flexibility index (Phi) is 12.2. The molecule has 244 valence electrons. The highest BCUT2D eigenvalue weighted by atomic mass is 16.5. The van der Waals surface area contributed by atoms with Crippen LogP contribution in [0.1, 0.15) is 124 Å². The third kappa shape index (κ3) is 8.25. The minimum absolute atomic E-state index is 0.256. The molecular formula is C36H56N4O4. The lowest BCUT2D eigenvalue weighted by Gasteiger charge is -2.25. The van der Waals surface area contributed by atoms with Gasteiger partial charge in [-0.3, -0.25) is 19.8 Å². The molecule has 0 radical (unpaired) electrons. The molecule has 6 rings (SSSR count). The summed E-state index contributed by atoms with van der Waals surface area (Å²) < 4.78 is 11.2. The molecule has 8 nitrogen and oxygen atoms in total. The van der Waals surface area contributed by atoms with Gasteiger partial charge in [0.25, 0.3) is 0 Å². The lowest BCUT2D eigenvalue weighted by Crippen LogP contribution is -2.32. The van der Waals surface area contributed by atoms with Crippen molar-refractivity contribution in [2.75, 3.05) is 52.7 Å². The average Bonchev–Trinajstić information content (AvgIpc) is 3.86. The maximum absolute atomic E-state index is 9.56. The van der Waals surface area contributed by atoms with E-state index in [0.717, 1.165) is 89.7 Å². The third-order valence-electron chi connectivity index (χ3n) is 10.1. The Labute approximate surface area is 265 Å². The highest BCUT2D eigenvalue weighted by Gasteiger charge is 2.29. The Hall–Kier alpha value is -1.94. The molecule has 2 aromatic rings. The molecule has 4 atom stereocenters. The monoisotopic (exact) mass is 608 g/mol. The smallest absolute Gasteiger partial charge is 0.0587 e. The van der Waals surface area contributed by atoms with Gasteiger partial charge in [-0.25, -0.2) is 0 Å². The van der Waals surface area contributed by atoms with Crippen LogP contribution in [0.4, 0.5) is 0 Å². The number of hydrogen-bond acceptors (Lipinski definition) is 8. The molecule has 2 N–H and O–H groups in total. The number of rotatable bonds is 10. The normalized spacial score (nSPS) is 26.2. The van der Waals surface area contributed by atoms with Gasteiger partial charge in [0.05, 0.1) is 37.8 Å². The van der Waals surface area contributed by atoms with Crippen molar-refractivity contribution in [1.82, 2.24) is 19.8 Å². The summed E-state index contributed by atoms with van der Waals surface area (Å²) in [7, 11) is 0. The Bertz CT molecular complexity index is 1090. The molecule has 0 aromatic carbocycles. The fourth-order valence-corrected chi connectivity index (χ4v) is 7.26. The van der Waals surface area contributed by atoms with Crippen LogP contribution in [0.5, 0.6) is 0 Å². The first kappa shape index (κ1) is 33.4. The minimum Gasteiger partial charge on any atom is -0.395 e. The summed E-state index contributed by atoms with van der Waals surface area (Å²) in [6.07, 6.45) is 6.75. The quantitative estimate of drug-likeness (QED) is 0.374. The van der Waals surface area contributed by atoms with Crippen LogP contribution in [0, 0.1) is 0 Å². The molecule has 2 aromatic heterocycles. The van der Waals surface area contributed by atoms with E-state index in [2.05, 4.69) is 61.8 Å². The predicted octanol–water partition coefficient (Wildman–Crippen LogP) is 5.33. The molecular weight excluding hydrogens is 552 g/mol. The summed E-state index contributed by atoms with van der Waals surface area (Å²) in [4.78, 5) is 14.7. The van der Waals surface area contributed by atoms with E-state index in [0.29, 0.717) is 35.8 Å². The molecule has 0 unspecified atom stereocenters. The van der Waals surface area contributed by atoms with Crippen LogP contribution in [0.3, 0.4) is 0 Å². The number of pyridine rings is 2. The standard InChI is InChI=1S/2C18H28N2O2/c2*1-13(2)17-6-5-16(14-7-9-22-12-14)18(19-17)10-20-8-3-4-15(20)11-21/h2*5-6,13-15,21H,3-4,7-12H2,1-2H3/t14-,15+;14-,15-/m10/s1. The summed E-state index contributed by atoms with van der Waals surface area (Å²) >= 11 is 0. The second-order valence-electron chi connectivity index (χ2n) is 13.9. The van der Waals surface area contributed by atoms with Crippen LogP contribution in [-0.2, 0) is 22.6 Å². The van der Waals surface area contributed by atoms with E-state index in [1.807, 2.05) is 0 Å². The zero-order valence-corrected chi connectivity index (χ0v) is 27.6. The molecule has 0 aliphatic carbocycles. The van der Waals surface area contributed by atoms with E-state index in [1.54, 1.807) is 0 Å². The van der Waals surface area contributed by atoms with Crippen LogP contribution < -0.4 is 0 Å². The van der Waals surface area contributed by atoms with Gasteiger partial charge in [-0.2, -0.15) is 0 Å². The van der Waals surface area contributed by atoms with Crippen molar-refractivity contribution >= 4 is 0 Å². The number of aromatic nitrogens is 2. The maximum Gasteiger partial charge on any atom is 0.0587 e. The number of aliphatic hydroxyl groups is 2. The van der Waals surface area contributed by atoms with Gasteiger partial charge in [-0.15, -0.1) is 0 Å². The van der Waals surface area contributed by atoms with Gasteiger partial charge < -0.3 is 19.7 Å². The van der Waals surface area contributed by atoms with Crippen molar-refractivity contribution in [2.24, 2.45) is 0 Å². The van der Waals surface area contributed by atoms with Crippen molar-refractivity contribution in [3.63, 3.8) is 0 Å². The van der Waals surface area contributed by atoms with Crippen molar-refractivity contribution in [2.45, 2.75) is 115 Å². The van der Waals surface area contributed by atoms with E-state index in [-0.39, 0.29) is 13.2 Å². The third-order valence-corrected chi connectivity index (χ3v) is 10.1. The molecule has 0 bridgehead atoms. The Morgan fingerprint density at radius 1 is 0.682 bits per heavy atom. The number of nitrogens with zero attached hydrogens (tertiary/aromatic N) is 4. The van der Waals surface area contributed by atoms with Crippen molar-refractivity contribution in [1.29, 1.82) is 0 Å². The second kappa shape index (κ2) is 16.1. The predicted molar refractivity (Wildman–Crippen MR) is 174 cm³/mol. The molecule has 44 heavy (non-hydrogen) atoms. The fraction of sp³-hybridized carbons (Fsp3) is 0.722. The summed E-state index contributed by atoms with van der Waals surface area (Å²) in [5.41, 5.74) is 7.43. The number of aliphatic hydroxyl groups excluding tert-OH is 2. The summed E-state index contributed by atoms with van der Waals surface area (Å²) in [5.74, 6) is 1.86. The fourth-order valence-electron chi connectivity index (χ4n) is 7.26. The first-order chi connectivity index (χ1) is 21.4. The summed E-state index contributed by atoms with van der Waals surface area (Å²) in [6, 6.07) is 9.49. The molecule has 0 amide bonds. The van der Waals surface area contributed by atoms with E-state index >= 15 is 0 Å². The summed E-state index contributed by atoms with van der Waals surface area (Å²) in [5, 5.41) is 19.1. The van der Waals surface area contributed by atoms with E-state index in [1.165, 1.54) is 35.4 Å². The zero-order valence-electron chi connectivity index (χ0n) is 27.6. The van der Waals surface area contributed by atoms with Gasteiger partial charge >= 0.3 is 0 Å². The number of ether oxygens (including phenoxy) is 2. The Morgan fingerprint density at radius 3 is 1.45 bits per heavy atom. The van der Waals surface area contributed by atoms with E-state index in [9.17, 15) is 10.2 Å². The lowest BCUT2D eigenvalue weighted by molar-refractivity contribution is 0.151. The molecule has 4 fully saturated rings. The maximum atomic E-state index is 9.56. The van der Waals surface area contributed by atoms with Gasteiger partial charge in [-0.05, 0) is 86.7 Å². The van der Waals surface area contributed by atoms with Crippen LogP contribution in [0.25, 0.3) is 0 Å². The number of hydrogen-bond donors (Lipinski definition) is 2. The zero-order chi connectivity index (χ0) is 31.1. The largest absolute Gasteiger partial charge is 0.395 e. The topological polar surface area (TPSA) is 91.2 Å². The molecule has 6 heterocycles. The summed E-state index contributed by atoms with van der Waals surface area (Å²) in [6.45, 7) is 16.5. The second-order valence-corrected chi connectivity index (χ2v) is 13.9. The van der Waals surface area contributed by atoms with Gasteiger partial charge in [0.1, 0.15) is 0 Å². The van der Waals surface area contributed by atoms with Crippen LogP contribution in [0.2, 0.25) is 0 Å². The lowest BCUT2D eigenvalue weighted by atomic mass is 9.95. The highest BCUT2D eigenvalue weighted by molar-refractivity contribution is 5.30. The molecule has 4 aliphatic heterocycles. The highest BCUT2D eigenvalue weighted by Crippen LogP contribution is 2.32. The van der Waals surface area contributed by atoms with Crippen molar-refractivity contribution in [3.8, 4) is 0 Å². The Balaban J connectivity index is 0.000000175. The molecule has 4 saturated heterocycles. The SMILES string of the molecule is CC(C)c1ccc([C@@H]2CCOC2)c(CN2CCC[C@H]2CO)n1.CC(C)c1ccc([C@H]2CCOC2)c(CN2CCC[C@H]2CO)n1. The van der Waals surface area contributed by atoms with Crippen LogP contribution >= 0.6 is 0 Å². The first-order valence-corrected chi connectivity index (χ1v) is 17.2.